The topological polar surface area (TPSA) is 25.0 Å². The van der Waals surface area contributed by atoms with Gasteiger partial charge in [0.05, 0.1) is 0 Å². The van der Waals surface area contributed by atoms with Crippen molar-refractivity contribution in [1.29, 1.82) is 0 Å². The van der Waals surface area contributed by atoms with Crippen molar-refractivity contribution in [3.05, 3.63) is 30.5 Å². The van der Waals surface area contributed by atoms with Crippen LogP contribution in [0.1, 0.15) is 0 Å². The molecule has 0 aliphatic carbocycles. The molecule has 0 aliphatic rings. The number of hydrogen-bond donors (Lipinski definition) is 1. The molecule has 0 amide bonds. The minimum absolute atomic E-state index is 0.183. The standard InChI is InChI=1S/C9H7F2NO.CHClF2/c10-9(11)13-7-1-2-8-6(5-7)3-4-12-8;2-1(3)4/h1-5,9,12H;1H. The van der Waals surface area contributed by atoms with Crippen LogP contribution in [0, 0.1) is 0 Å². The van der Waals surface area contributed by atoms with Gasteiger partial charge in [-0.15, -0.1) is 0 Å². The normalized spacial score (nSPS) is 10.5. The van der Waals surface area contributed by atoms with Crippen molar-refractivity contribution in [2.45, 2.75) is 12.5 Å². The maximum atomic E-state index is 11.8. The average molecular weight is 270 g/mol. The molecule has 0 aliphatic heterocycles. The molecule has 1 N–H and O–H groups in total. The summed E-state index contributed by atoms with van der Waals surface area (Å²) in [6, 6.07) is 6.57. The van der Waals surface area contributed by atoms with E-state index >= 15 is 0 Å². The smallest absolute Gasteiger partial charge is 0.387 e. The van der Waals surface area contributed by atoms with Gasteiger partial charge in [-0.1, -0.05) is 11.6 Å². The monoisotopic (exact) mass is 269 g/mol. The van der Waals surface area contributed by atoms with Crippen molar-refractivity contribution >= 4 is 22.5 Å². The molecule has 0 radical (unpaired) electrons. The van der Waals surface area contributed by atoms with Crippen molar-refractivity contribution in [3.8, 4) is 5.75 Å². The van der Waals surface area contributed by atoms with E-state index in [-0.39, 0.29) is 5.75 Å². The predicted molar refractivity (Wildman–Crippen MR) is 56.8 cm³/mol. The van der Waals surface area contributed by atoms with E-state index in [1.807, 2.05) is 0 Å². The molecule has 17 heavy (non-hydrogen) atoms. The summed E-state index contributed by atoms with van der Waals surface area (Å²) in [5.74, 6) is -2.51. The molecular weight excluding hydrogens is 262 g/mol. The molecule has 94 valence electrons. The summed E-state index contributed by atoms with van der Waals surface area (Å²) < 4.78 is 48.1. The zero-order valence-corrected chi connectivity index (χ0v) is 9.10. The van der Waals surface area contributed by atoms with Crippen LogP contribution in [0.15, 0.2) is 30.5 Å². The van der Waals surface area contributed by atoms with Gasteiger partial charge in [-0.05, 0) is 24.3 Å². The van der Waals surface area contributed by atoms with Crippen molar-refractivity contribution in [1.82, 2.24) is 4.98 Å². The molecule has 0 saturated carbocycles. The maximum absolute atomic E-state index is 11.8. The van der Waals surface area contributed by atoms with Gasteiger partial charge in [0, 0.05) is 17.1 Å². The first-order valence-electron chi connectivity index (χ1n) is 4.43. The summed E-state index contributed by atoms with van der Waals surface area (Å²) in [7, 11) is 0. The van der Waals surface area contributed by atoms with Crippen LogP contribution in [-0.4, -0.2) is 17.5 Å². The van der Waals surface area contributed by atoms with Gasteiger partial charge in [-0.3, -0.25) is 0 Å². The molecule has 0 atom stereocenters. The Hall–Kier alpha value is -1.43. The molecule has 1 aromatic heterocycles. The highest BCUT2D eigenvalue weighted by molar-refractivity contribution is 6.18. The van der Waals surface area contributed by atoms with Gasteiger partial charge in [0.1, 0.15) is 5.75 Å². The third-order valence-corrected chi connectivity index (χ3v) is 1.75. The number of hydrogen-bond acceptors (Lipinski definition) is 1. The minimum atomic E-state index is -2.77. The van der Waals surface area contributed by atoms with Crippen molar-refractivity contribution in [3.63, 3.8) is 0 Å². The number of benzene rings is 1. The number of aromatic amines is 1. The van der Waals surface area contributed by atoms with Crippen LogP contribution in [0.25, 0.3) is 10.9 Å². The molecule has 0 fully saturated rings. The van der Waals surface area contributed by atoms with E-state index in [0.29, 0.717) is 0 Å². The summed E-state index contributed by atoms with van der Waals surface area (Å²) in [6.07, 6.45) is 1.75. The van der Waals surface area contributed by atoms with E-state index in [1.54, 1.807) is 24.4 Å². The molecule has 0 spiro atoms. The number of halogens is 5. The second kappa shape index (κ2) is 6.34. The van der Waals surface area contributed by atoms with E-state index < -0.39 is 12.5 Å². The van der Waals surface area contributed by atoms with Crippen LogP contribution in [0.2, 0.25) is 0 Å². The molecule has 2 aromatic rings. The van der Waals surface area contributed by atoms with Gasteiger partial charge in [0.25, 0.3) is 0 Å². The molecule has 0 saturated heterocycles. The van der Waals surface area contributed by atoms with Crippen molar-refractivity contribution in [2.24, 2.45) is 0 Å². The van der Waals surface area contributed by atoms with Crippen LogP contribution in [0.4, 0.5) is 17.6 Å². The first kappa shape index (κ1) is 13.6. The van der Waals surface area contributed by atoms with Crippen LogP contribution >= 0.6 is 11.6 Å². The number of nitrogens with one attached hydrogen (secondary N) is 1. The maximum Gasteiger partial charge on any atom is 0.387 e. The van der Waals surface area contributed by atoms with Gasteiger partial charge >= 0.3 is 12.5 Å². The number of aromatic nitrogens is 1. The summed E-state index contributed by atoms with van der Waals surface area (Å²) in [5.41, 5.74) is 0.904. The third kappa shape index (κ3) is 4.95. The zero-order chi connectivity index (χ0) is 12.8. The molecule has 1 heterocycles. The third-order valence-electron chi connectivity index (χ3n) is 1.75. The van der Waals surface area contributed by atoms with Crippen LogP contribution in [0.3, 0.4) is 0 Å². The Kier molecular flexibility index (Phi) is 5.09. The fourth-order valence-corrected chi connectivity index (χ4v) is 1.21. The Balaban J connectivity index is 0.000000317. The number of alkyl halides is 5. The van der Waals surface area contributed by atoms with Crippen LogP contribution in [0.5, 0.6) is 5.75 Å². The lowest BCUT2D eigenvalue weighted by Gasteiger charge is -2.03. The molecular formula is C10H8ClF4NO. The Morgan fingerprint density at radius 1 is 1.12 bits per heavy atom. The first-order valence-corrected chi connectivity index (χ1v) is 4.87. The lowest BCUT2D eigenvalue weighted by Crippen LogP contribution is -2.01. The first-order chi connectivity index (χ1) is 7.99. The van der Waals surface area contributed by atoms with E-state index in [2.05, 4.69) is 21.3 Å². The van der Waals surface area contributed by atoms with Gasteiger partial charge in [-0.25, -0.2) is 0 Å². The fraction of sp³-hybridized carbons (Fsp3) is 0.200. The van der Waals surface area contributed by atoms with E-state index in [1.165, 1.54) is 6.07 Å². The van der Waals surface area contributed by atoms with Crippen LogP contribution < -0.4 is 4.74 Å². The zero-order valence-electron chi connectivity index (χ0n) is 8.34. The highest BCUT2D eigenvalue weighted by Crippen LogP contribution is 2.20. The molecule has 2 nitrogen and oxygen atoms in total. The quantitative estimate of drug-likeness (QED) is 0.641. The number of H-pyrrole nitrogens is 1. The predicted octanol–water partition coefficient (Wildman–Crippen LogP) is 4.22. The summed E-state index contributed by atoms with van der Waals surface area (Å²) in [5, 5.41) is 0.859. The highest BCUT2D eigenvalue weighted by Gasteiger charge is 2.04. The Labute approximate surface area is 99.1 Å². The fourth-order valence-electron chi connectivity index (χ4n) is 1.21. The van der Waals surface area contributed by atoms with Gasteiger partial charge in [0.2, 0.25) is 0 Å². The van der Waals surface area contributed by atoms with E-state index in [0.717, 1.165) is 10.9 Å². The minimum Gasteiger partial charge on any atom is -0.435 e. The van der Waals surface area contributed by atoms with Crippen LogP contribution in [-0.2, 0) is 0 Å². The van der Waals surface area contributed by atoms with Gasteiger partial charge < -0.3 is 9.72 Å². The number of ether oxygens (including phenoxy) is 1. The lowest BCUT2D eigenvalue weighted by atomic mass is 10.2. The number of rotatable bonds is 2. The van der Waals surface area contributed by atoms with Gasteiger partial charge in [0.15, 0.2) is 0 Å². The summed E-state index contributed by atoms with van der Waals surface area (Å²) in [4.78, 5) is 2.96. The van der Waals surface area contributed by atoms with E-state index in [4.69, 9.17) is 0 Å². The van der Waals surface area contributed by atoms with E-state index in [9.17, 15) is 17.6 Å². The second-order valence-corrected chi connectivity index (χ2v) is 3.18. The molecule has 0 bridgehead atoms. The lowest BCUT2D eigenvalue weighted by molar-refractivity contribution is -0.0497. The molecule has 0 unspecified atom stereocenters. The highest BCUT2D eigenvalue weighted by atomic mass is 35.5. The Morgan fingerprint density at radius 3 is 2.35 bits per heavy atom. The molecule has 7 heteroatoms. The van der Waals surface area contributed by atoms with Crippen molar-refractivity contribution in [2.75, 3.05) is 0 Å². The molecule has 2 rings (SSSR count). The SMILES string of the molecule is FC(F)Cl.FC(F)Oc1ccc2[nH]ccc2c1. The molecule has 1 aromatic carbocycles. The summed E-state index contributed by atoms with van der Waals surface area (Å²) in [6.45, 7) is -2.77. The second-order valence-electron chi connectivity index (χ2n) is 2.85. The largest absolute Gasteiger partial charge is 0.435 e. The Bertz CT molecular complexity index is 458. The van der Waals surface area contributed by atoms with Gasteiger partial charge in [-0.2, -0.15) is 17.6 Å². The summed E-state index contributed by atoms with van der Waals surface area (Å²) >= 11 is 3.94. The number of fused-ring (bicyclic) bond motifs is 1. The Morgan fingerprint density at radius 2 is 1.76 bits per heavy atom. The van der Waals surface area contributed by atoms with Crippen molar-refractivity contribution < 1.29 is 22.3 Å². The average Bonchev–Trinajstić information content (AvgIpc) is 2.62.